The second-order valence-corrected chi connectivity index (χ2v) is 9.00. The number of hydrogen-bond acceptors (Lipinski definition) is 7. The van der Waals surface area contributed by atoms with Crippen LogP contribution in [0.15, 0.2) is 62.9 Å². The summed E-state index contributed by atoms with van der Waals surface area (Å²) in [5.41, 5.74) is 5.00. The molecular weight excluding hydrogens is 554 g/mol. The lowest BCUT2D eigenvalue weighted by atomic mass is 10.1. The number of methoxy groups -OCH3 is 1. The largest absolute Gasteiger partial charge is 0.484 e. The first-order valence-corrected chi connectivity index (χ1v) is 12.3. The van der Waals surface area contributed by atoms with Crippen LogP contribution in [0, 0.1) is 25.2 Å². The van der Waals surface area contributed by atoms with Crippen LogP contribution in [0.5, 0.6) is 5.75 Å². The zero-order valence-electron chi connectivity index (χ0n) is 21.1. The molecular formula is C27H26BrN5O5. The maximum atomic E-state index is 12.7. The number of rotatable bonds is 10. The zero-order chi connectivity index (χ0) is 27.7. The van der Waals surface area contributed by atoms with Crippen molar-refractivity contribution in [3.8, 4) is 11.8 Å². The van der Waals surface area contributed by atoms with E-state index in [1.807, 2.05) is 37.3 Å². The van der Waals surface area contributed by atoms with Crippen molar-refractivity contribution in [1.82, 2.24) is 9.99 Å². The lowest BCUT2D eigenvalue weighted by Gasteiger charge is -2.15. The zero-order valence-corrected chi connectivity index (χ0v) is 22.7. The summed E-state index contributed by atoms with van der Waals surface area (Å²) in [6.07, 6.45) is 1.43. The highest BCUT2D eigenvalue weighted by Gasteiger charge is 2.19. The number of nitrogens with zero attached hydrogens (tertiary/aromatic N) is 3. The maximum Gasteiger partial charge on any atom is 0.269 e. The van der Waals surface area contributed by atoms with Crippen LogP contribution >= 0.6 is 15.9 Å². The van der Waals surface area contributed by atoms with E-state index in [0.717, 1.165) is 11.3 Å². The molecule has 0 saturated heterocycles. The van der Waals surface area contributed by atoms with E-state index in [2.05, 4.69) is 31.8 Å². The average Bonchev–Trinajstić information content (AvgIpc) is 2.91. The fraction of sp³-hybridized carbons (Fsp3) is 0.222. The molecule has 1 aromatic heterocycles. The molecule has 0 atom stereocenters. The number of halogens is 1. The Morgan fingerprint density at radius 3 is 2.50 bits per heavy atom. The van der Waals surface area contributed by atoms with Crippen LogP contribution in [0.4, 0.5) is 5.69 Å². The Bertz CT molecular complexity index is 1460. The van der Waals surface area contributed by atoms with Gasteiger partial charge in [-0.05, 0) is 71.2 Å². The molecule has 0 aliphatic rings. The van der Waals surface area contributed by atoms with Gasteiger partial charge < -0.3 is 19.4 Å². The van der Waals surface area contributed by atoms with E-state index in [1.54, 1.807) is 31.2 Å². The van der Waals surface area contributed by atoms with E-state index in [0.29, 0.717) is 27.0 Å². The molecule has 3 rings (SSSR count). The van der Waals surface area contributed by atoms with Crippen LogP contribution in [0.3, 0.4) is 0 Å². The monoisotopic (exact) mass is 579 g/mol. The number of para-hydroxylation sites is 1. The number of aromatic nitrogens is 1. The molecule has 0 spiro atoms. The second-order valence-electron chi connectivity index (χ2n) is 8.20. The Labute approximate surface area is 228 Å². The van der Waals surface area contributed by atoms with Gasteiger partial charge in [0.15, 0.2) is 6.61 Å². The summed E-state index contributed by atoms with van der Waals surface area (Å²) < 4.78 is 12.3. The lowest BCUT2D eigenvalue weighted by Crippen LogP contribution is -2.33. The van der Waals surface area contributed by atoms with Crippen LogP contribution in [-0.2, 0) is 27.5 Å². The number of amides is 2. The summed E-state index contributed by atoms with van der Waals surface area (Å²) >= 11 is 3.39. The SMILES string of the molecule is COCc1c(Br)c(C)n(CC(=O)N/N=C\c2ccc(OCC(=O)Nc3ccccc3C)cc2)c(=O)c1C#N. The van der Waals surface area contributed by atoms with Gasteiger partial charge in [-0.15, -0.1) is 0 Å². The number of nitrogens with one attached hydrogen (secondary N) is 2. The summed E-state index contributed by atoms with van der Waals surface area (Å²) in [5, 5.41) is 16.2. The van der Waals surface area contributed by atoms with E-state index in [1.165, 1.54) is 17.9 Å². The smallest absolute Gasteiger partial charge is 0.269 e. The molecule has 0 fully saturated rings. The number of hydrazone groups is 1. The minimum Gasteiger partial charge on any atom is -0.484 e. The number of ether oxygens (including phenoxy) is 2. The van der Waals surface area contributed by atoms with Crippen molar-refractivity contribution < 1.29 is 19.1 Å². The molecule has 0 aliphatic heterocycles. The number of anilines is 1. The van der Waals surface area contributed by atoms with Crippen molar-refractivity contribution in [2.45, 2.75) is 27.0 Å². The van der Waals surface area contributed by atoms with Gasteiger partial charge in [0, 0.05) is 28.5 Å². The molecule has 0 unspecified atom stereocenters. The van der Waals surface area contributed by atoms with Crippen LogP contribution < -0.4 is 21.0 Å². The molecule has 2 amide bonds. The first-order valence-electron chi connectivity index (χ1n) is 11.5. The molecule has 10 nitrogen and oxygen atoms in total. The van der Waals surface area contributed by atoms with Gasteiger partial charge in [-0.2, -0.15) is 10.4 Å². The second kappa shape index (κ2) is 13.3. The van der Waals surface area contributed by atoms with Crippen LogP contribution in [0.2, 0.25) is 0 Å². The van der Waals surface area contributed by atoms with Crippen LogP contribution in [-0.4, -0.2) is 36.3 Å². The van der Waals surface area contributed by atoms with Gasteiger partial charge in [-0.1, -0.05) is 18.2 Å². The van der Waals surface area contributed by atoms with Gasteiger partial charge in [0.1, 0.15) is 23.9 Å². The van der Waals surface area contributed by atoms with E-state index < -0.39 is 11.5 Å². The van der Waals surface area contributed by atoms with E-state index in [9.17, 15) is 19.6 Å². The summed E-state index contributed by atoms with van der Waals surface area (Å²) in [7, 11) is 1.47. The summed E-state index contributed by atoms with van der Waals surface area (Å²) in [5.74, 6) is -0.317. The van der Waals surface area contributed by atoms with Gasteiger partial charge >= 0.3 is 0 Å². The van der Waals surface area contributed by atoms with Crippen molar-refractivity contribution in [1.29, 1.82) is 5.26 Å². The van der Waals surface area contributed by atoms with Crippen molar-refractivity contribution in [3.63, 3.8) is 0 Å². The van der Waals surface area contributed by atoms with Crippen LogP contribution in [0.1, 0.15) is 27.9 Å². The number of hydrogen-bond donors (Lipinski definition) is 2. The number of carbonyl (C=O) groups excluding carboxylic acids is 2. The summed E-state index contributed by atoms with van der Waals surface area (Å²) in [6, 6.07) is 16.1. The highest BCUT2D eigenvalue weighted by atomic mass is 79.9. The fourth-order valence-electron chi connectivity index (χ4n) is 3.50. The fourth-order valence-corrected chi connectivity index (χ4v) is 4.03. The number of aryl methyl sites for hydroxylation is 1. The minimum atomic E-state index is -0.581. The first kappa shape index (κ1) is 28.3. The molecule has 1 heterocycles. The Morgan fingerprint density at radius 1 is 1.13 bits per heavy atom. The maximum absolute atomic E-state index is 12.7. The van der Waals surface area contributed by atoms with E-state index in [-0.39, 0.29) is 31.2 Å². The van der Waals surface area contributed by atoms with Gasteiger partial charge in [0.2, 0.25) is 0 Å². The third-order valence-electron chi connectivity index (χ3n) is 5.52. The predicted octanol–water partition coefficient (Wildman–Crippen LogP) is 3.41. The Hall–Kier alpha value is -4.27. The highest BCUT2D eigenvalue weighted by Crippen LogP contribution is 2.23. The molecule has 0 radical (unpaired) electrons. The third kappa shape index (κ3) is 7.15. The summed E-state index contributed by atoms with van der Waals surface area (Å²) in [6.45, 7) is 3.19. The third-order valence-corrected chi connectivity index (χ3v) is 6.57. The number of nitriles is 1. The minimum absolute atomic E-state index is 0.0846. The Morgan fingerprint density at radius 2 is 1.84 bits per heavy atom. The standard InChI is InChI=1S/C27H26BrN5O5/c1-17-6-4-5-7-23(17)31-25(35)16-38-20-10-8-19(9-11-20)13-30-32-24(34)14-33-18(2)26(28)22(15-37-3)21(12-29)27(33)36/h4-11,13H,14-16H2,1-3H3,(H,31,35)(H,32,34)/b30-13-. The molecule has 0 saturated carbocycles. The van der Waals surface area contributed by atoms with E-state index >= 15 is 0 Å². The highest BCUT2D eigenvalue weighted by molar-refractivity contribution is 9.10. The topological polar surface area (TPSA) is 135 Å². The van der Waals surface area contributed by atoms with Crippen molar-refractivity contribution in [2.24, 2.45) is 5.10 Å². The molecule has 38 heavy (non-hydrogen) atoms. The first-order chi connectivity index (χ1) is 18.2. The molecule has 0 aliphatic carbocycles. The quantitative estimate of drug-likeness (QED) is 0.279. The van der Waals surface area contributed by atoms with Crippen molar-refractivity contribution >= 4 is 39.6 Å². The van der Waals surface area contributed by atoms with Gasteiger partial charge in [-0.3, -0.25) is 14.4 Å². The average molecular weight is 580 g/mol. The normalized spacial score (nSPS) is 10.7. The number of carbonyl (C=O) groups is 2. The summed E-state index contributed by atoms with van der Waals surface area (Å²) in [4.78, 5) is 37.3. The number of pyridine rings is 1. The van der Waals surface area contributed by atoms with Gasteiger partial charge in [-0.25, -0.2) is 5.43 Å². The predicted molar refractivity (Wildman–Crippen MR) is 146 cm³/mol. The molecule has 2 aromatic carbocycles. The molecule has 196 valence electrons. The van der Waals surface area contributed by atoms with Crippen molar-refractivity contribution in [3.05, 3.63) is 91.3 Å². The van der Waals surface area contributed by atoms with Crippen molar-refractivity contribution in [2.75, 3.05) is 19.0 Å². The molecule has 0 bridgehead atoms. The van der Waals surface area contributed by atoms with Gasteiger partial charge in [0.05, 0.1) is 12.8 Å². The molecule has 11 heteroatoms. The van der Waals surface area contributed by atoms with Crippen LogP contribution in [0.25, 0.3) is 0 Å². The number of benzene rings is 2. The molecule has 3 aromatic rings. The van der Waals surface area contributed by atoms with E-state index in [4.69, 9.17) is 9.47 Å². The Kier molecular flexibility index (Phi) is 9.92. The van der Waals surface area contributed by atoms with Gasteiger partial charge in [0.25, 0.3) is 17.4 Å². The lowest BCUT2D eigenvalue weighted by molar-refractivity contribution is -0.121. The molecule has 2 N–H and O–H groups in total. The Balaban J connectivity index is 1.55.